The number of aromatic nitrogens is 4. The predicted molar refractivity (Wildman–Crippen MR) is 99.0 cm³/mol. The van der Waals surface area contributed by atoms with Crippen molar-refractivity contribution in [3.05, 3.63) is 41.2 Å². The lowest BCUT2D eigenvalue weighted by molar-refractivity contribution is 0.297. The van der Waals surface area contributed by atoms with Gasteiger partial charge >= 0.3 is 0 Å². The van der Waals surface area contributed by atoms with Crippen LogP contribution in [0.5, 0.6) is 11.5 Å². The highest BCUT2D eigenvalue weighted by molar-refractivity contribution is 7.98. The maximum absolute atomic E-state index is 5.77. The lowest BCUT2D eigenvalue weighted by Gasteiger charge is -2.14. The maximum Gasteiger partial charge on any atom is 0.253 e. The van der Waals surface area contributed by atoms with Crippen molar-refractivity contribution in [2.24, 2.45) is 0 Å². The number of hydrogen-bond acceptors (Lipinski definition) is 6. The van der Waals surface area contributed by atoms with Crippen molar-refractivity contribution in [3.8, 4) is 11.5 Å². The van der Waals surface area contributed by atoms with Gasteiger partial charge in [0, 0.05) is 18.4 Å². The van der Waals surface area contributed by atoms with Gasteiger partial charge in [-0.2, -0.15) is 9.50 Å². The van der Waals surface area contributed by atoms with Crippen LogP contribution < -0.4 is 9.47 Å². The number of nitrogens with zero attached hydrogens (tertiary/aromatic N) is 4. The van der Waals surface area contributed by atoms with Crippen molar-refractivity contribution >= 4 is 17.5 Å². The Labute approximate surface area is 155 Å². The highest BCUT2D eigenvalue weighted by atomic mass is 32.2. The Bertz CT molecular complexity index is 956. The average Bonchev–Trinajstić information content (AvgIpc) is 2.97. The zero-order valence-electron chi connectivity index (χ0n) is 14.5. The van der Waals surface area contributed by atoms with E-state index in [2.05, 4.69) is 22.1 Å². The molecule has 3 heterocycles. The molecule has 1 aromatic carbocycles. The van der Waals surface area contributed by atoms with Gasteiger partial charge in [-0.25, -0.2) is 4.98 Å². The maximum atomic E-state index is 5.77. The first kappa shape index (κ1) is 15.9. The Balaban J connectivity index is 1.36. The average molecular weight is 368 g/mol. The SMILES string of the molecule is c1cc2c(cc1CSc1nc3ncc4c(n3n1)CCCC4)OCCCO2. The second kappa shape index (κ2) is 6.79. The standard InChI is InChI=1S/C19H20N4O2S/c1-2-5-15-14(4-1)11-20-18-21-19(22-23(15)18)26-12-13-6-7-16-17(10-13)25-9-3-8-24-16/h6-7,10-11H,1-5,8-9,12H2. The quantitative estimate of drug-likeness (QED) is 0.660. The molecule has 7 heteroatoms. The summed E-state index contributed by atoms with van der Waals surface area (Å²) in [6.07, 6.45) is 7.49. The Kier molecular flexibility index (Phi) is 4.16. The molecule has 2 aromatic heterocycles. The summed E-state index contributed by atoms with van der Waals surface area (Å²) in [5, 5.41) is 5.46. The number of benzene rings is 1. The molecule has 1 aliphatic carbocycles. The van der Waals surface area contributed by atoms with Crippen LogP contribution >= 0.6 is 11.8 Å². The predicted octanol–water partition coefficient (Wildman–Crippen LogP) is 3.46. The second-order valence-electron chi connectivity index (χ2n) is 6.66. The summed E-state index contributed by atoms with van der Waals surface area (Å²) in [5.41, 5.74) is 3.76. The summed E-state index contributed by atoms with van der Waals surface area (Å²) >= 11 is 1.63. The number of rotatable bonds is 3. The van der Waals surface area contributed by atoms with Gasteiger partial charge in [0.15, 0.2) is 11.5 Å². The second-order valence-corrected chi connectivity index (χ2v) is 7.61. The van der Waals surface area contributed by atoms with Crippen LogP contribution in [0, 0.1) is 0 Å². The van der Waals surface area contributed by atoms with E-state index in [1.54, 1.807) is 11.8 Å². The van der Waals surface area contributed by atoms with Gasteiger partial charge in [0.1, 0.15) is 0 Å². The fraction of sp³-hybridized carbons (Fsp3) is 0.421. The Morgan fingerprint density at radius 3 is 2.88 bits per heavy atom. The highest BCUT2D eigenvalue weighted by Crippen LogP contribution is 2.32. The van der Waals surface area contributed by atoms with Crippen LogP contribution in [0.3, 0.4) is 0 Å². The number of fused-ring (bicyclic) bond motifs is 4. The third-order valence-electron chi connectivity index (χ3n) is 4.82. The number of thioether (sulfide) groups is 1. The van der Waals surface area contributed by atoms with E-state index in [1.165, 1.54) is 29.7 Å². The molecule has 3 aromatic rings. The summed E-state index contributed by atoms with van der Waals surface area (Å²) in [4.78, 5) is 9.06. The minimum absolute atomic E-state index is 0.701. The number of hydrogen-bond donors (Lipinski definition) is 0. The van der Waals surface area contributed by atoms with Crippen LogP contribution in [0.15, 0.2) is 29.6 Å². The first-order valence-corrected chi connectivity index (χ1v) is 10.1. The van der Waals surface area contributed by atoms with Crippen molar-refractivity contribution in [2.75, 3.05) is 13.2 Å². The van der Waals surface area contributed by atoms with Gasteiger partial charge in [0.2, 0.25) is 5.16 Å². The zero-order valence-corrected chi connectivity index (χ0v) is 15.3. The fourth-order valence-electron chi connectivity index (χ4n) is 3.49. The van der Waals surface area contributed by atoms with E-state index in [-0.39, 0.29) is 0 Å². The van der Waals surface area contributed by atoms with E-state index < -0.39 is 0 Å². The first-order chi connectivity index (χ1) is 12.9. The zero-order chi connectivity index (χ0) is 17.3. The third-order valence-corrected chi connectivity index (χ3v) is 5.73. The van der Waals surface area contributed by atoms with Crippen LogP contribution in [-0.4, -0.2) is 32.8 Å². The molecule has 0 saturated heterocycles. The molecule has 0 atom stereocenters. The molecule has 0 amide bonds. The molecule has 0 unspecified atom stereocenters. The van der Waals surface area contributed by atoms with E-state index in [4.69, 9.17) is 14.6 Å². The van der Waals surface area contributed by atoms with Gasteiger partial charge in [-0.3, -0.25) is 0 Å². The Morgan fingerprint density at radius 2 is 1.92 bits per heavy atom. The molecule has 0 saturated carbocycles. The van der Waals surface area contributed by atoms with Crippen LogP contribution in [0.1, 0.15) is 36.1 Å². The molecule has 26 heavy (non-hydrogen) atoms. The molecule has 1 aliphatic heterocycles. The Hall–Kier alpha value is -2.28. The smallest absolute Gasteiger partial charge is 0.253 e. The summed E-state index contributed by atoms with van der Waals surface area (Å²) < 4.78 is 13.4. The number of aryl methyl sites for hydroxylation is 2. The molecule has 0 bridgehead atoms. The number of ether oxygens (including phenoxy) is 2. The topological polar surface area (TPSA) is 61.5 Å². The molecule has 5 rings (SSSR count). The molecular weight excluding hydrogens is 348 g/mol. The van der Waals surface area contributed by atoms with Gasteiger partial charge < -0.3 is 9.47 Å². The van der Waals surface area contributed by atoms with Crippen LogP contribution in [0.25, 0.3) is 5.78 Å². The van der Waals surface area contributed by atoms with E-state index in [0.717, 1.165) is 41.7 Å². The van der Waals surface area contributed by atoms with E-state index in [9.17, 15) is 0 Å². The normalized spacial score (nSPS) is 16.3. The summed E-state index contributed by atoms with van der Waals surface area (Å²) in [7, 11) is 0. The van der Waals surface area contributed by atoms with Crippen molar-refractivity contribution in [3.63, 3.8) is 0 Å². The van der Waals surface area contributed by atoms with E-state index in [1.807, 2.05) is 16.8 Å². The molecule has 0 fully saturated rings. The highest BCUT2D eigenvalue weighted by Gasteiger charge is 2.17. The van der Waals surface area contributed by atoms with Gasteiger partial charge in [-0.15, -0.1) is 5.10 Å². The van der Waals surface area contributed by atoms with Crippen LogP contribution in [0.2, 0.25) is 0 Å². The minimum Gasteiger partial charge on any atom is -0.490 e. The third kappa shape index (κ3) is 3.00. The molecule has 134 valence electrons. The molecular formula is C19H20N4O2S. The lowest BCUT2D eigenvalue weighted by Crippen LogP contribution is -2.10. The fourth-order valence-corrected chi connectivity index (χ4v) is 4.25. The van der Waals surface area contributed by atoms with Crippen molar-refractivity contribution in [2.45, 2.75) is 43.0 Å². The van der Waals surface area contributed by atoms with Crippen LogP contribution in [0.4, 0.5) is 0 Å². The molecule has 2 aliphatic rings. The van der Waals surface area contributed by atoms with Gasteiger partial charge in [0.05, 0.1) is 18.9 Å². The van der Waals surface area contributed by atoms with Crippen molar-refractivity contribution in [1.29, 1.82) is 0 Å². The molecule has 6 nitrogen and oxygen atoms in total. The molecule has 0 radical (unpaired) electrons. The monoisotopic (exact) mass is 368 g/mol. The first-order valence-electron chi connectivity index (χ1n) is 9.12. The lowest BCUT2D eigenvalue weighted by atomic mass is 9.98. The molecule has 0 spiro atoms. The minimum atomic E-state index is 0.701. The van der Waals surface area contributed by atoms with E-state index >= 15 is 0 Å². The van der Waals surface area contributed by atoms with Crippen LogP contribution in [-0.2, 0) is 18.6 Å². The van der Waals surface area contributed by atoms with Crippen molar-refractivity contribution < 1.29 is 9.47 Å². The summed E-state index contributed by atoms with van der Waals surface area (Å²) in [6, 6.07) is 6.13. The summed E-state index contributed by atoms with van der Waals surface area (Å²) in [6.45, 7) is 1.41. The van der Waals surface area contributed by atoms with E-state index in [0.29, 0.717) is 19.0 Å². The summed E-state index contributed by atoms with van der Waals surface area (Å²) in [5.74, 6) is 3.15. The molecule has 0 N–H and O–H groups in total. The van der Waals surface area contributed by atoms with Gasteiger partial charge in [0.25, 0.3) is 5.78 Å². The van der Waals surface area contributed by atoms with Gasteiger partial charge in [-0.1, -0.05) is 17.8 Å². The van der Waals surface area contributed by atoms with Gasteiger partial charge in [-0.05, 0) is 48.9 Å². The largest absolute Gasteiger partial charge is 0.490 e. The van der Waals surface area contributed by atoms with Crippen molar-refractivity contribution in [1.82, 2.24) is 19.6 Å². The Morgan fingerprint density at radius 1 is 1.04 bits per heavy atom.